The molecule has 0 unspecified atom stereocenters. The molecule has 4 nitrogen and oxygen atoms in total. The predicted molar refractivity (Wildman–Crippen MR) is 70.1 cm³/mol. The number of imide groups is 1. The summed E-state index contributed by atoms with van der Waals surface area (Å²) >= 11 is 0. The lowest BCUT2D eigenvalue weighted by Gasteiger charge is -2.16. The highest BCUT2D eigenvalue weighted by Crippen LogP contribution is 2.33. The van der Waals surface area contributed by atoms with E-state index in [2.05, 4.69) is 5.32 Å². The van der Waals surface area contributed by atoms with Crippen molar-refractivity contribution in [2.45, 2.75) is 0 Å². The minimum Gasteiger partial charge on any atom is -0.377 e. The summed E-state index contributed by atoms with van der Waals surface area (Å²) in [5.74, 6) is -0.626. The molecule has 2 amide bonds. The largest absolute Gasteiger partial charge is 0.377 e. The van der Waals surface area contributed by atoms with Gasteiger partial charge in [-0.2, -0.15) is 0 Å². The van der Waals surface area contributed by atoms with Crippen LogP contribution in [0, 0.1) is 0 Å². The Morgan fingerprint density at radius 2 is 1.67 bits per heavy atom. The summed E-state index contributed by atoms with van der Waals surface area (Å²) < 4.78 is 0. The Morgan fingerprint density at radius 3 is 2.39 bits per heavy atom. The number of anilines is 1. The van der Waals surface area contributed by atoms with E-state index in [1.165, 1.54) is 0 Å². The number of hydrogen-bond acceptors (Lipinski definition) is 3. The molecule has 0 fully saturated rings. The highest BCUT2D eigenvalue weighted by atomic mass is 16.2. The topological polar surface area (TPSA) is 49.4 Å². The molecule has 2 aromatic rings. The molecule has 0 aliphatic carbocycles. The van der Waals surface area contributed by atoms with E-state index in [0.29, 0.717) is 11.1 Å². The van der Waals surface area contributed by atoms with Crippen LogP contribution in [-0.4, -0.2) is 25.9 Å². The highest BCUT2D eigenvalue weighted by Gasteiger charge is 2.32. The van der Waals surface area contributed by atoms with Gasteiger partial charge in [-0.3, -0.25) is 14.9 Å². The number of amides is 2. The Kier molecular flexibility index (Phi) is 2.13. The fourth-order valence-corrected chi connectivity index (χ4v) is 2.38. The first-order valence-corrected chi connectivity index (χ1v) is 5.68. The second-order valence-electron chi connectivity index (χ2n) is 4.54. The van der Waals surface area contributed by atoms with Gasteiger partial charge in [-0.25, -0.2) is 0 Å². The standard InChI is InChI=1S/C14H12N2O2/c1-16(2)10-7-8-5-3-4-6-9(8)11-12(10)14(18)15-13(11)17/h3-7H,1-2H3,(H,15,17,18). The summed E-state index contributed by atoms with van der Waals surface area (Å²) in [6.07, 6.45) is 0. The number of nitrogens with one attached hydrogen (secondary N) is 1. The maximum absolute atomic E-state index is 11.9. The van der Waals surface area contributed by atoms with E-state index in [-0.39, 0.29) is 11.8 Å². The summed E-state index contributed by atoms with van der Waals surface area (Å²) in [6, 6.07) is 9.54. The Balaban J connectivity index is 2.49. The molecule has 0 aromatic heterocycles. The number of benzene rings is 2. The van der Waals surface area contributed by atoms with Crippen molar-refractivity contribution in [1.82, 2.24) is 5.32 Å². The summed E-state index contributed by atoms with van der Waals surface area (Å²) in [5, 5.41) is 4.15. The minimum absolute atomic E-state index is 0.310. The van der Waals surface area contributed by atoms with E-state index in [1.54, 1.807) is 0 Å². The molecule has 1 N–H and O–H groups in total. The predicted octanol–water partition coefficient (Wildman–Crippen LogP) is 1.79. The van der Waals surface area contributed by atoms with Crippen LogP contribution in [0.2, 0.25) is 0 Å². The number of carbonyl (C=O) groups excluding carboxylic acids is 2. The van der Waals surface area contributed by atoms with Gasteiger partial charge >= 0.3 is 0 Å². The third-order valence-electron chi connectivity index (χ3n) is 3.19. The van der Waals surface area contributed by atoms with Gasteiger partial charge in [0, 0.05) is 14.1 Å². The van der Waals surface area contributed by atoms with Gasteiger partial charge in [0.15, 0.2) is 0 Å². The van der Waals surface area contributed by atoms with Gasteiger partial charge in [0.05, 0.1) is 16.8 Å². The minimum atomic E-state index is -0.315. The van der Waals surface area contributed by atoms with Crippen LogP contribution in [0.4, 0.5) is 5.69 Å². The highest BCUT2D eigenvalue weighted by molar-refractivity contribution is 6.29. The van der Waals surface area contributed by atoms with Crippen LogP contribution in [0.5, 0.6) is 0 Å². The Morgan fingerprint density at radius 1 is 1.00 bits per heavy atom. The smallest absolute Gasteiger partial charge is 0.261 e. The average Bonchev–Trinajstić information content (AvgIpc) is 2.64. The second kappa shape index (κ2) is 3.57. The normalized spacial score (nSPS) is 13.7. The van der Waals surface area contributed by atoms with Gasteiger partial charge in [-0.15, -0.1) is 0 Å². The van der Waals surface area contributed by atoms with Gasteiger partial charge < -0.3 is 4.90 Å². The molecule has 4 heteroatoms. The first kappa shape index (κ1) is 10.8. The van der Waals surface area contributed by atoms with Crippen LogP contribution >= 0.6 is 0 Å². The zero-order chi connectivity index (χ0) is 12.9. The SMILES string of the molecule is CN(C)c1cc2ccccc2c2c1C(=O)NC2=O. The van der Waals surface area contributed by atoms with E-state index < -0.39 is 0 Å². The summed E-state index contributed by atoms with van der Waals surface area (Å²) in [5.41, 5.74) is 1.73. The van der Waals surface area contributed by atoms with Crippen molar-refractivity contribution in [2.24, 2.45) is 0 Å². The van der Waals surface area contributed by atoms with Crippen LogP contribution in [0.15, 0.2) is 30.3 Å². The Hall–Kier alpha value is -2.36. The van der Waals surface area contributed by atoms with Crippen molar-refractivity contribution in [3.05, 3.63) is 41.5 Å². The molecular weight excluding hydrogens is 228 g/mol. The molecule has 0 saturated heterocycles. The maximum atomic E-state index is 11.9. The fourth-order valence-electron chi connectivity index (χ4n) is 2.38. The van der Waals surface area contributed by atoms with Crippen molar-refractivity contribution in [1.29, 1.82) is 0 Å². The van der Waals surface area contributed by atoms with Crippen LogP contribution < -0.4 is 10.2 Å². The molecule has 0 atom stereocenters. The van der Waals surface area contributed by atoms with E-state index in [4.69, 9.17) is 0 Å². The van der Waals surface area contributed by atoms with Gasteiger partial charge in [0.2, 0.25) is 0 Å². The van der Waals surface area contributed by atoms with Crippen molar-refractivity contribution in [3.63, 3.8) is 0 Å². The molecule has 1 aliphatic heterocycles. The Labute approximate surface area is 104 Å². The average molecular weight is 240 g/mol. The van der Waals surface area contributed by atoms with Crippen molar-refractivity contribution in [2.75, 3.05) is 19.0 Å². The number of nitrogens with zero attached hydrogens (tertiary/aromatic N) is 1. The van der Waals surface area contributed by atoms with Gasteiger partial charge in [0.25, 0.3) is 11.8 Å². The van der Waals surface area contributed by atoms with Crippen LogP contribution in [0.3, 0.4) is 0 Å². The first-order chi connectivity index (χ1) is 8.59. The van der Waals surface area contributed by atoms with Gasteiger partial charge in [-0.1, -0.05) is 24.3 Å². The fraction of sp³-hybridized carbons (Fsp3) is 0.143. The monoisotopic (exact) mass is 240 g/mol. The third-order valence-corrected chi connectivity index (χ3v) is 3.19. The molecular formula is C14H12N2O2. The molecule has 0 spiro atoms. The Bertz CT molecular complexity index is 689. The van der Waals surface area contributed by atoms with Crippen molar-refractivity contribution in [3.8, 4) is 0 Å². The summed E-state index contributed by atoms with van der Waals surface area (Å²) in [6.45, 7) is 0. The second-order valence-corrected chi connectivity index (χ2v) is 4.54. The molecule has 0 radical (unpaired) electrons. The number of carbonyl (C=O) groups is 2. The van der Waals surface area contributed by atoms with E-state index in [9.17, 15) is 9.59 Å². The molecule has 1 heterocycles. The molecule has 3 rings (SSSR count). The number of hydrogen-bond donors (Lipinski definition) is 1. The lowest BCUT2D eigenvalue weighted by molar-refractivity contribution is 0.0880. The lowest BCUT2D eigenvalue weighted by Crippen LogP contribution is -2.21. The molecule has 18 heavy (non-hydrogen) atoms. The van der Waals surface area contributed by atoms with Crippen LogP contribution in [-0.2, 0) is 0 Å². The van der Waals surface area contributed by atoms with E-state index >= 15 is 0 Å². The molecule has 0 bridgehead atoms. The van der Waals surface area contributed by atoms with Gasteiger partial charge in [0.1, 0.15) is 0 Å². The summed E-state index contributed by atoms with van der Waals surface area (Å²) in [7, 11) is 3.72. The molecule has 1 aliphatic rings. The summed E-state index contributed by atoms with van der Waals surface area (Å²) in [4.78, 5) is 25.7. The van der Waals surface area contributed by atoms with Crippen LogP contribution in [0.1, 0.15) is 20.7 Å². The number of fused-ring (bicyclic) bond motifs is 3. The van der Waals surface area contributed by atoms with Crippen molar-refractivity contribution < 1.29 is 9.59 Å². The molecule has 2 aromatic carbocycles. The molecule has 0 saturated carbocycles. The van der Waals surface area contributed by atoms with E-state index in [1.807, 2.05) is 49.3 Å². The first-order valence-electron chi connectivity index (χ1n) is 5.68. The van der Waals surface area contributed by atoms with E-state index in [0.717, 1.165) is 16.5 Å². The number of rotatable bonds is 1. The van der Waals surface area contributed by atoms with Gasteiger partial charge in [-0.05, 0) is 16.8 Å². The lowest BCUT2D eigenvalue weighted by atomic mass is 9.98. The zero-order valence-electron chi connectivity index (χ0n) is 10.2. The third kappa shape index (κ3) is 1.32. The van der Waals surface area contributed by atoms with Crippen LogP contribution in [0.25, 0.3) is 10.8 Å². The van der Waals surface area contributed by atoms with Crippen molar-refractivity contribution >= 4 is 28.3 Å². The molecule has 90 valence electrons. The quantitative estimate of drug-likeness (QED) is 0.773. The zero-order valence-corrected chi connectivity index (χ0v) is 10.2. The maximum Gasteiger partial charge on any atom is 0.261 e.